The first-order chi connectivity index (χ1) is 14.2. The summed E-state index contributed by atoms with van der Waals surface area (Å²) in [4.78, 5) is 33.8. The molecule has 4 nitrogen and oxygen atoms in total. The van der Waals surface area contributed by atoms with Gasteiger partial charge < -0.3 is 0 Å². The summed E-state index contributed by atoms with van der Waals surface area (Å²) >= 11 is 0. The van der Waals surface area contributed by atoms with Crippen LogP contribution in [0.2, 0.25) is 0 Å². The third kappa shape index (κ3) is 3.13. The highest BCUT2D eigenvalue weighted by Gasteiger charge is 2.51. The number of aryl methyl sites for hydroxylation is 4. The molecule has 2 aliphatic rings. The number of hydrogen-bond acceptors (Lipinski definition) is 3. The van der Waals surface area contributed by atoms with E-state index in [2.05, 4.69) is 0 Å². The van der Waals surface area contributed by atoms with E-state index in [9.17, 15) is 9.59 Å². The van der Waals surface area contributed by atoms with Gasteiger partial charge in [0.25, 0.3) is 5.91 Å². The summed E-state index contributed by atoms with van der Waals surface area (Å²) in [5, 5.41) is 0. The van der Waals surface area contributed by atoms with E-state index in [1.165, 1.54) is 0 Å². The Morgan fingerprint density at radius 2 is 1.63 bits per heavy atom. The van der Waals surface area contributed by atoms with Crippen molar-refractivity contribution in [2.75, 3.05) is 0 Å². The van der Waals surface area contributed by atoms with Crippen molar-refractivity contribution in [2.45, 2.75) is 46.6 Å². The molecular weight excluding hydrogens is 372 g/mol. The number of rotatable bonds is 4. The van der Waals surface area contributed by atoms with Crippen LogP contribution in [0.25, 0.3) is 0 Å². The molecule has 1 amide bonds. The smallest absolute Gasteiger partial charge is 0.265 e. The highest BCUT2D eigenvalue weighted by molar-refractivity contribution is 6.18. The Labute approximate surface area is 177 Å². The molecule has 30 heavy (non-hydrogen) atoms. The summed E-state index contributed by atoms with van der Waals surface area (Å²) in [6.07, 6.45) is 5.53. The number of nitrogens with zero attached hydrogens (tertiary/aromatic N) is 2. The van der Waals surface area contributed by atoms with Gasteiger partial charge in [-0.25, -0.2) is 4.99 Å². The van der Waals surface area contributed by atoms with Crippen LogP contribution in [0, 0.1) is 27.7 Å². The number of fused-ring (bicyclic) bond motifs is 1. The second-order valence-electron chi connectivity index (χ2n) is 8.40. The largest absolute Gasteiger partial charge is 0.294 e. The van der Waals surface area contributed by atoms with Crippen molar-refractivity contribution < 1.29 is 9.59 Å². The Balaban J connectivity index is 1.90. The lowest BCUT2D eigenvalue weighted by Gasteiger charge is -2.27. The normalized spacial score (nSPS) is 20.2. The van der Waals surface area contributed by atoms with Crippen LogP contribution >= 0.6 is 0 Å². The lowest BCUT2D eigenvalue weighted by molar-refractivity contribution is -0.129. The average molecular weight is 399 g/mol. The molecule has 4 heteroatoms. The van der Waals surface area contributed by atoms with Gasteiger partial charge in [-0.2, -0.15) is 0 Å². The van der Waals surface area contributed by atoms with Crippen LogP contribution in [0.4, 0.5) is 0 Å². The van der Waals surface area contributed by atoms with Crippen LogP contribution in [0.1, 0.15) is 51.5 Å². The molecule has 2 heterocycles. The molecule has 4 rings (SSSR count). The Morgan fingerprint density at radius 1 is 0.967 bits per heavy atom. The minimum absolute atomic E-state index is 0.00153. The van der Waals surface area contributed by atoms with Gasteiger partial charge in [-0.1, -0.05) is 47.5 Å². The third-order valence-electron chi connectivity index (χ3n) is 5.98. The van der Waals surface area contributed by atoms with Gasteiger partial charge in [-0.05, 0) is 69.0 Å². The summed E-state index contributed by atoms with van der Waals surface area (Å²) in [5.41, 5.74) is 5.03. The van der Waals surface area contributed by atoms with Gasteiger partial charge in [0.05, 0.1) is 0 Å². The van der Waals surface area contributed by atoms with Gasteiger partial charge in [0.1, 0.15) is 5.84 Å². The Morgan fingerprint density at radius 3 is 2.33 bits per heavy atom. The van der Waals surface area contributed by atoms with Crippen molar-refractivity contribution >= 4 is 17.5 Å². The molecule has 0 saturated heterocycles. The van der Waals surface area contributed by atoms with Crippen molar-refractivity contribution in [1.29, 1.82) is 0 Å². The monoisotopic (exact) mass is 398 g/mol. The number of aliphatic imine (C=N–C) groups is 1. The fourth-order valence-corrected chi connectivity index (χ4v) is 4.27. The minimum Gasteiger partial charge on any atom is -0.294 e. The van der Waals surface area contributed by atoms with Gasteiger partial charge in [0, 0.05) is 18.2 Å². The van der Waals surface area contributed by atoms with E-state index in [-0.39, 0.29) is 18.1 Å². The second-order valence-corrected chi connectivity index (χ2v) is 8.40. The Hall–Kier alpha value is -3.27. The van der Waals surface area contributed by atoms with Gasteiger partial charge in [-0.3, -0.25) is 14.5 Å². The lowest BCUT2D eigenvalue weighted by atomic mass is 9.80. The molecule has 0 N–H and O–H groups in total. The number of allylic oxidation sites excluding steroid dienone is 2. The van der Waals surface area contributed by atoms with Crippen molar-refractivity contribution in [3.63, 3.8) is 0 Å². The van der Waals surface area contributed by atoms with E-state index in [1.54, 1.807) is 11.1 Å². The van der Waals surface area contributed by atoms with Crippen molar-refractivity contribution in [3.8, 4) is 0 Å². The molecule has 1 unspecified atom stereocenters. The van der Waals surface area contributed by atoms with Gasteiger partial charge >= 0.3 is 0 Å². The van der Waals surface area contributed by atoms with Crippen molar-refractivity contribution in [3.05, 3.63) is 93.7 Å². The third-order valence-corrected chi connectivity index (χ3v) is 5.98. The molecule has 2 aromatic carbocycles. The number of carbonyl (C=O) groups excluding carboxylic acids is 2. The van der Waals surface area contributed by atoms with Crippen LogP contribution in [-0.2, 0) is 10.3 Å². The van der Waals surface area contributed by atoms with Crippen LogP contribution in [0.15, 0.2) is 65.3 Å². The van der Waals surface area contributed by atoms with Gasteiger partial charge in [0.15, 0.2) is 11.3 Å². The molecule has 0 fully saturated rings. The first-order valence-electron chi connectivity index (χ1n) is 10.2. The van der Waals surface area contributed by atoms with E-state index in [1.807, 2.05) is 83.2 Å². The maximum absolute atomic E-state index is 13.8. The Bertz CT molecular complexity index is 1170. The topological polar surface area (TPSA) is 49.7 Å². The molecule has 2 aliphatic heterocycles. The number of ketones is 1. The number of benzene rings is 2. The standard InChI is InChI=1S/C26H26N2O2/c1-16-8-10-18(3)21(13-16)23(29)15-26(22-14-17(2)9-11-19(22)4)25(30)28-12-6-7-20(5)24(28)27-26/h6-14H,15H2,1-5H3. The molecule has 0 radical (unpaired) electrons. The lowest BCUT2D eigenvalue weighted by Crippen LogP contribution is -2.41. The second kappa shape index (κ2) is 7.21. The first-order valence-corrected chi connectivity index (χ1v) is 10.2. The van der Waals surface area contributed by atoms with Crippen LogP contribution in [0.3, 0.4) is 0 Å². The first kappa shape index (κ1) is 20.0. The van der Waals surface area contributed by atoms with Gasteiger partial charge in [-0.15, -0.1) is 0 Å². The summed E-state index contributed by atoms with van der Waals surface area (Å²) in [6.45, 7) is 9.81. The van der Waals surface area contributed by atoms with Gasteiger partial charge in [0.2, 0.25) is 0 Å². The molecule has 1 atom stereocenters. The SMILES string of the molecule is CC1=CC=CN2C(=O)C(CC(=O)c3cc(C)ccc3C)(c3cc(C)ccc3C)N=C12. The van der Waals surface area contributed by atoms with Crippen LogP contribution in [0.5, 0.6) is 0 Å². The molecular formula is C26H26N2O2. The molecule has 0 aliphatic carbocycles. The van der Waals surface area contributed by atoms with E-state index < -0.39 is 5.54 Å². The fraction of sp³-hybridized carbons (Fsp3) is 0.269. The summed E-state index contributed by atoms with van der Waals surface area (Å²) < 4.78 is 0. The predicted molar refractivity (Wildman–Crippen MR) is 120 cm³/mol. The number of hydrogen-bond donors (Lipinski definition) is 0. The number of amides is 1. The zero-order valence-corrected chi connectivity index (χ0v) is 18.1. The summed E-state index contributed by atoms with van der Waals surface area (Å²) in [5.74, 6) is 0.381. The number of amidine groups is 1. The van der Waals surface area contributed by atoms with Crippen molar-refractivity contribution in [1.82, 2.24) is 4.90 Å². The maximum atomic E-state index is 13.8. The van der Waals surface area contributed by atoms with Crippen LogP contribution < -0.4 is 0 Å². The van der Waals surface area contributed by atoms with Crippen LogP contribution in [-0.4, -0.2) is 22.4 Å². The molecule has 0 bridgehead atoms. The molecule has 2 aromatic rings. The fourth-order valence-electron chi connectivity index (χ4n) is 4.27. The zero-order chi connectivity index (χ0) is 21.6. The maximum Gasteiger partial charge on any atom is 0.265 e. The molecule has 152 valence electrons. The summed E-state index contributed by atoms with van der Waals surface area (Å²) in [6, 6.07) is 11.9. The highest BCUT2D eigenvalue weighted by Crippen LogP contribution is 2.42. The molecule has 0 spiro atoms. The van der Waals surface area contributed by atoms with Crippen molar-refractivity contribution in [2.24, 2.45) is 4.99 Å². The average Bonchev–Trinajstić information content (AvgIpc) is 3.00. The Kier molecular flexibility index (Phi) is 4.81. The quantitative estimate of drug-likeness (QED) is 0.673. The van der Waals surface area contributed by atoms with E-state index in [0.29, 0.717) is 11.4 Å². The van der Waals surface area contributed by atoms with E-state index in [0.717, 1.165) is 33.4 Å². The number of Topliss-reactive ketones (excluding diaryl/α,β-unsaturated/α-hetero) is 1. The number of carbonyl (C=O) groups is 2. The molecule has 0 saturated carbocycles. The minimum atomic E-state index is -1.26. The highest BCUT2D eigenvalue weighted by atomic mass is 16.2. The van der Waals surface area contributed by atoms with E-state index in [4.69, 9.17) is 4.99 Å². The van der Waals surface area contributed by atoms with E-state index >= 15 is 0 Å². The molecule has 0 aromatic heterocycles. The predicted octanol–water partition coefficient (Wildman–Crippen LogP) is 5.10. The zero-order valence-electron chi connectivity index (χ0n) is 18.1. The summed E-state index contributed by atoms with van der Waals surface area (Å²) in [7, 11) is 0.